The van der Waals surface area contributed by atoms with Crippen LogP contribution in [0.25, 0.3) is 0 Å². The summed E-state index contributed by atoms with van der Waals surface area (Å²) >= 11 is 0. The molecule has 0 radical (unpaired) electrons. The van der Waals surface area contributed by atoms with Crippen LogP contribution in [0.5, 0.6) is 0 Å². The fourth-order valence-corrected chi connectivity index (χ4v) is 2.52. The lowest BCUT2D eigenvalue weighted by molar-refractivity contribution is -0.318. The lowest BCUT2D eigenvalue weighted by atomic mass is 9.96. The van der Waals surface area contributed by atoms with Crippen LogP contribution in [-0.2, 0) is 4.74 Å². The summed E-state index contributed by atoms with van der Waals surface area (Å²) in [4.78, 5) is 13.5. The number of carbonyl (C=O) groups is 1. The number of hydrogen-bond acceptors (Lipinski definition) is 4. The van der Waals surface area contributed by atoms with Gasteiger partial charge in [-0.1, -0.05) is 0 Å². The minimum atomic E-state index is -4.58. The number of carbonyl (C=O) groups excluding carboxylic acids is 1. The molecule has 8 heteroatoms. The molecular weight excluding hydrogens is 299 g/mol. The Balaban J connectivity index is 2.30. The summed E-state index contributed by atoms with van der Waals surface area (Å²) in [6, 6.07) is 3.05. The first-order valence-electron chi connectivity index (χ1n) is 6.80. The van der Waals surface area contributed by atoms with Gasteiger partial charge >= 0.3 is 6.18 Å². The first kappa shape index (κ1) is 16.7. The number of ether oxygens (including phenoxy) is 1. The van der Waals surface area contributed by atoms with E-state index in [1.54, 1.807) is 13.0 Å². The van der Waals surface area contributed by atoms with E-state index in [0.717, 1.165) is 11.8 Å². The van der Waals surface area contributed by atoms with E-state index < -0.39 is 29.8 Å². The highest BCUT2D eigenvalue weighted by atomic mass is 19.4. The van der Waals surface area contributed by atoms with E-state index >= 15 is 0 Å². The monoisotopic (exact) mass is 317 g/mol. The number of morpholine rings is 1. The maximum atomic E-state index is 13.3. The van der Waals surface area contributed by atoms with Gasteiger partial charge < -0.3 is 9.64 Å². The fourth-order valence-electron chi connectivity index (χ4n) is 2.52. The summed E-state index contributed by atoms with van der Waals surface area (Å²) in [6.07, 6.45) is -4.58. The van der Waals surface area contributed by atoms with Crippen LogP contribution in [-0.4, -0.2) is 51.5 Å². The van der Waals surface area contributed by atoms with Gasteiger partial charge in [0.15, 0.2) is 11.3 Å². The minimum Gasteiger partial charge on any atom is -0.356 e. The molecule has 1 aliphatic heterocycles. The van der Waals surface area contributed by atoms with E-state index in [0.29, 0.717) is 5.69 Å². The van der Waals surface area contributed by atoms with Crippen molar-refractivity contribution in [2.24, 2.45) is 0 Å². The first-order valence-corrected chi connectivity index (χ1v) is 6.80. The molecule has 1 aliphatic rings. The van der Waals surface area contributed by atoms with Crippen molar-refractivity contribution in [3.63, 3.8) is 0 Å². The SMILES string of the molecule is Cc1ccc(C(=O)N2CC(C)(C)OC(C)(C(F)(F)F)C2)nn1. The standard InChI is InChI=1S/C14H18F3N3O2/c1-9-5-6-10(19-18-9)11(21)20-7-12(2,3)22-13(4,8-20)14(15,16)17/h5-6H,7-8H2,1-4H3. The summed E-state index contributed by atoms with van der Waals surface area (Å²) in [6.45, 7) is 5.19. The molecule has 2 heterocycles. The second-order valence-corrected chi connectivity index (χ2v) is 6.31. The van der Waals surface area contributed by atoms with Crippen molar-refractivity contribution in [2.75, 3.05) is 13.1 Å². The van der Waals surface area contributed by atoms with Crippen molar-refractivity contribution in [3.8, 4) is 0 Å². The Morgan fingerprint density at radius 1 is 1.23 bits per heavy atom. The Labute approximate surface area is 126 Å². The summed E-state index contributed by atoms with van der Waals surface area (Å²) in [7, 11) is 0. The third kappa shape index (κ3) is 3.21. The van der Waals surface area contributed by atoms with Gasteiger partial charge in [-0.2, -0.15) is 18.3 Å². The summed E-state index contributed by atoms with van der Waals surface area (Å²) in [5.74, 6) is -0.584. The molecule has 1 fully saturated rings. The maximum absolute atomic E-state index is 13.3. The normalized spacial score (nSPS) is 25.1. The van der Waals surface area contributed by atoms with Gasteiger partial charge in [-0.05, 0) is 39.8 Å². The Morgan fingerprint density at radius 3 is 2.36 bits per heavy atom. The second-order valence-electron chi connectivity index (χ2n) is 6.31. The topological polar surface area (TPSA) is 55.3 Å². The zero-order chi connectivity index (χ0) is 16.8. The van der Waals surface area contributed by atoms with E-state index in [1.165, 1.54) is 19.9 Å². The van der Waals surface area contributed by atoms with Crippen LogP contribution < -0.4 is 0 Å². The number of alkyl halides is 3. The van der Waals surface area contributed by atoms with Crippen molar-refractivity contribution >= 4 is 5.91 Å². The summed E-state index contributed by atoms with van der Waals surface area (Å²) < 4.78 is 45.0. The van der Waals surface area contributed by atoms with E-state index in [2.05, 4.69) is 10.2 Å². The molecule has 1 aromatic heterocycles. The third-order valence-electron chi connectivity index (χ3n) is 3.47. The Morgan fingerprint density at radius 2 is 1.86 bits per heavy atom. The van der Waals surface area contributed by atoms with Crippen LogP contribution in [0.2, 0.25) is 0 Å². The number of aromatic nitrogens is 2. The first-order chi connectivity index (χ1) is 9.94. The number of halogens is 3. The molecule has 1 atom stereocenters. The smallest absolute Gasteiger partial charge is 0.356 e. The average molecular weight is 317 g/mol. The van der Waals surface area contributed by atoms with E-state index in [1.807, 2.05) is 0 Å². The van der Waals surface area contributed by atoms with Gasteiger partial charge in [0.1, 0.15) is 0 Å². The van der Waals surface area contributed by atoms with Crippen LogP contribution >= 0.6 is 0 Å². The zero-order valence-electron chi connectivity index (χ0n) is 12.9. The van der Waals surface area contributed by atoms with E-state index in [9.17, 15) is 18.0 Å². The third-order valence-corrected chi connectivity index (χ3v) is 3.47. The molecule has 1 amide bonds. The Kier molecular flexibility index (Phi) is 3.93. The van der Waals surface area contributed by atoms with E-state index in [-0.39, 0.29) is 12.2 Å². The predicted octanol–water partition coefficient (Wildman–Crippen LogP) is 2.36. The van der Waals surface area contributed by atoms with Crippen LogP contribution in [0.15, 0.2) is 12.1 Å². The van der Waals surface area contributed by atoms with Gasteiger partial charge in [-0.15, -0.1) is 5.10 Å². The Bertz CT molecular complexity index is 572. The highest BCUT2D eigenvalue weighted by Gasteiger charge is 2.58. The van der Waals surface area contributed by atoms with Crippen molar-refractivity contribution < 1.29 is 22.7 Å². The molecule has 5 nitrogen and oxygen atoms in total. The maximum Gasteiger partial charge on any atom is 0.418 e. The predicted molar refractivity (Wildman–Crippen MR) is 72.3 cm³/mol. The van der Waals surface area contributed by atoms with E-state index in [4.69, 9.17) is 4.74 Å². The Hall–Kier alpha value is -1.70. The number of aryl methyl sites for hydroxylation is 1. The average Bonchev–Trinajstić information content (AvgIpc) is 2.35. The molecule has 0 aromatic carbocycles. The van der Waals surface area contributed by atoms with Gasteiger partial charge in [-0.25, -0.2) is 0 Å². The highest BCUT2D eigenvalue weighted by molar-refractivity contribution is 5.92. The van der Waals surface area contributed by atoms with Crippen molar-refractivity contribution in [1.29, 1.82) is 0 Å². The highest BCUT2D eigenvalue weighted by Crippen LogP contribution is 2.40. The molecule has 0 aliphatic carbocycles. The second kappa shape index (κ2) is 5.19. The number of hydrogen-bond donors (Lipinski definition) is 0. The zero-order valence-corrected chi connectivity index (χ0v) is 12.9. The van der Waals surface area contributed by atoms with Crippen LogP contribution in [0, 0.1) is 6.92 Å². The van der Waals surface area contributed by atoms with Crippen LogP contribution in [0.4, 0.5) is 13.2 Å². The molecule has 2 rings (SSSR count). The molecular formula is C14H18F3N3O2. The van der Waals surface area contributed by atoms with Gasteiger partial charge in [-0.3, -0.25) is 4.79 Å². The number of rotatable bonds is 1. The molecule has 1 aromatic rings. The van der Waals surface area contributed by atoms with Crippen LogP contribution in [0.3, 0.4) is 0 Å². The minimum absolute atomic E-state index is 0.0211. The van der Waals surface area contributed by atoms with Crippen molar-refractivity contribution in [1.82, 2.24) is 15.1 Å². The van der Waals surface area contributed by atoms with Crippen LogP contribution in [0.1, 0.15) is 37.0 Å². The summed E-state index contributed by atoms with van der Waals surface area (Å²) in [5, 5.41) is 7.51. The quantitative estimate of drug-likeness (QED) is 0.798. The van der Waals surface area contributed by atoms with Crippen molar-refractivity contribution in [3.05, 3.63) is 23.5 Å². The van der Waals surface area contributed by atoms with Gasteiger partial charge in [0.2, 0.25) is 0 Å². The van der Waals surface area contributed by atoms with Gasteiger partial charge in [0.25, 0.3) is 5.91 Å². The van der Waals surface area contributed by atoms with Gasteiger partial charge in [0.05, 0.1) is 17.8 Å². The lowest BCUT2D eigenvalue weighted by Crippen LogP contribution is -2.65. The fraction of sp³-hybridized carbons (Fsp3) is 0.643. The van der Waals surface area contributed by atoms with Gasteiger partial charge in [0, 0.05) is 6.54 Å². The molecule has 1 unspecified atom stereocenters. The lowest BCUT2D eigenvalue weighted by Gasteiger charge is -2.48. The molecule has 0 spiro atoms. The molecule has 22 heavy (non-hydrogen) atoms. The molecule has 122 valence electrons. The molecule has 0 saturated carbocycles. The number of nitrogens with zero attached hydrogens (tertiary/aromatic N) is 3. The molecule has 0 bridgehead atoms. The number of amides is 1. The largest absolute Gasteiger partial charge is 0.418 e. The summed E-state index contributed by atoms with van der Waals surface area (Å²) in [5.41, 5.74) is -2.88. The van der Waals surface area contributed by atoms with Crippen molar-refractivity contribution in [2.45, 2.75) is 45.1 Å². The molecule has 0 N–H and O–H groups in total. The molecule has 1 saturated heterocycles.